The van der Waals surface area contributed by atoms with Crippen LogP contribution in [0, 0.1) is 0 Å². The largest absolute Gasteiger partial charge is 0.302 e. The predicted molar refractivity (Wildman–Crippen MR) is 92.4 cm³/mol. The molecule has 7 heteroatoms. The Hall–Kier alpha value is -1.92. The number of pyridine rings is 2. The molecule has 3 heterocycles. The van der Waals surface area contributed by atoms with Crippen LogP contribution in [0.4, 0.5) is 0 Å². The molecule has 0 bridgehead atoms. The third kappa shape index (κ3) is 3.89. The Morgan fingerprint density at radius 2 is 1.96 bits per heavy atom. The van der Waals surface area contributed by atoms with Crippen LogP contribution in [0.15, 0.2) is 48.0 Å². The van der Waals surface area contributed by atoms with Gasteiger partial charge in [-0.25, -0.2) is 4.98 Å². The Morgan fingerprint density at radius 3 is 2.65 bits per heavy atom. The summed E-state index contributed by atoms with van der Waals surface area (Å²) in [7, 11) is 0. The van der Waals surface area contributed by atoms with Crippen molar-refractivity contribution in [3.8, 4) is 11.4 Å². The van der Waals surface area contributed by atoms with E-state index in [0.717, 1.165) is 40.8 Å². The fourth-order valence-electron chi connectivity index (χ4n) is 2.17. The van der Waals surface area contributed by atoms with E-state index in [0.29, 0.717) is 5.15 Å². The Balaban J connectivity index is 1.82. The summed E-state index contributed by atoms with van der Waals surface area (Å²) in [4.78, 5) is 8.16. The second-order valence-electron chi connectivity index (χ2n) is 4.97. The van der Waals surface area contributed by atoms with Crippen molar-refractivity contribution in [2.45, 2.75) is 30.8 Å². The molecule has 118 valence electrons. The first kappa shape index (κ1) is 16.0. The molecule has 23 heavy (non-hydrogen) atoms. The van der Waals surface area contributed by atoms with Gasteiger partial charge < -0.3 is 4.57 Å². The molecule has 0 aliphatic heterocycles. The SMILES string of the molecule is CCCn1c(SCc2ccc(Cl)nc2)nnc1-c1ccncc1. The first-order valence-electron chi connectivity index (χ1n) is 7.34. The van der Waals surface area contributed by atoms with Crippen molar-refractivity contribution in [2.75, 3.05) is 0 Å². The lowest BCUT2D eigenvalue weighted by molar-refractivity contribution is 0.626. The minimum atomic E-state index is 0.507. The number of halogens is 1. The number of hydrogen-bond donors (Lipinski definition) is 0. The van der Waals surface area contributed by atoms with Gasteiger partial charge in [-0.2, -0.15) is 0 Å². The lowest BCUT2D eigenvalue weighted by Crippen LogP contribution is -2.02. The summed E-state index contributed by atoms with van der Waals surface area (Å²) in [5.74, 6) is 1.66. The lowest BCUT2D eigenvalue weighted by Gasteiger charge is -2.08. The van der Waals surface area contributed by atoms with Crippen LogP contribution in [-0.4, -0.2) is 24.7 Å². The third-order valence-electron chi connectivity index (χ3n) is 3.26. The van der Waals surface area contributed by atoms with Crippen LogP contribution in [0.2, 0.25) is 5.15 Å². The Labute approximate surface area is 144 Å². The number of thioether (sulfide) groups is 1. The van der Waals surface area contributed by atoms with E-state index < -0.39 is 0 Å². The smallest absolute Gasteiger partial charge is 0.191 e. The maximum absolute atomic E-state index is 5.82. The van der Waals surface area contributed by atoms with Gasteiger partial charge in [-0.15, -0.1) is 10.2 Å². The number of aromatic nitrogens is 5. The zero-order valence-electron chi connectivity index (χ0n) is 12.7. The van der Waals surface area contributed by atoms with Gasteiger partial charge in [0.25, 0.3) is 0 Å². The summed E-state index contributed by atoms with van der Waals surface area (Å²) in [5.41, 5.74) is 2.14. The van der Waals surface area contributed by atoms with Crippen LogP contribution in [0.25, 0.3) is 11.4 Å². The first-order chi connectivity index (χ1) is 11.3. The van der Waals surface area contributed by atoms with Crippen LogP contribution < -0.4 is 0 Å². The zero-order chi connectivity index (χ0) is 16.1. The topological polar surface area (TPSA) is 56.5 Å². The molecule has 0 aliphatic carbocycles. The van der Waals surface area contributed by atoms with Gasteiger partial charge in [0.05, 0.1) is 0 Å². The average molecular weight is 346 g/mol. The average Bonchev–Trinajstić information content (AvgIpc) is 2.98. The molecular weight excluding hydrogens is 330 g/mol. The quantitative estimate of drug-likeness (QED) is 0.497. The van der Waals surface area contributed by atoms with Gasteiger partial charge in [0, 0.05) is 36.5 Å². The van der Waals surface area contributed by atoms with Crippen molar-refractivity contribution in [3.05, 3.63) is 53.6 Å². The van der Waals surface area contributed by atoms with Crippen molar-refractivity contribution in [1.82, 2.24) is 24.7 Å². The summed E-state index contributed by atoms with van der Waals surface area (Å²) in [6.07, 6.45) is 6.35. The Morgan fingerprint density at radius 1 is 1.13 bits per heavy atom. The van der Waals surface area contributed by atoms with Gasteiger partial charge in [-0.05, 0) is 30.2 Å². The van der Waals surface area contributed by atoms with Crippen LogP contribution >= 0.6 is 23.4 Å². The highest BCUT2D eigenvalue weighted by Crippen LogP contribution is 2.26. The van der Waals surface area contributed by atoms with Gasteiger partial charge in [-0.3, -0.25) is 4.98 Å². The molecule has 0 aromatic carbocycles. The summed E-state index contributed by atoms with van der Waals surface area (Å²) in [5, 5.41) is 10.1. The van der Waals surface area contributed by atoms with Crippen molar-refractivity contribution < 1.29 is 0 Å². The normalized spacial score (nSPS) is 10.9. The van der Waals surface area contributed by atoms with Crippen LogP contribution in [0.5, 0.6) is 0 Å². The minimum absolute atomic E-state index is 0.507. The van der Waals surface area contributed by atoms with Gasteiger partial charge in [0.1, 0.15) is 5.15 Å². The highest BCUT2D eigenvalue weighted by Gasteiger charge is 2.13. The van der Waals surface area contributed by atoms with Crippen LogP contribution in [-0.2, 0) is 12.3 Å². The zero-order valence-corrected chi connectivity index (χ0v) is 14.3. The molecule has 3 aromatic rings. The van der Waals surface area contributed by atoms with Crippen molar-refractivity contribution in [2.24, 2.45) is 0 Å². The molecule has 0 fully saturated rings. The summed E-state index contributed by atoms with van der Waals surface area (Å²) in [6.45, 7) is 3.03. The standard InChI is InChI=1S/C16H16ClN5S/c1-2-9-22-15(13-5-7-18-8-6-13)20-21-16(22)23-11-12-3-4-14(17)19-10-12/h3-8,10H,2,9,11H2,1H3. The van der Waals surface area contributed by atoms with E-state index in [-0.39, 0.29) is 0 Å². The molecule has 0 spiro atoms. The minimum Gasteiger partial charge on any atom is -0.302 e. The molecule has 3 rings (SSSR count). The van der Waals surface area contributed by atoms with E-state index in [1.807, 2.05) is 18.2 Å². The predicted octanol–water partition coefficient (Wildman–Crippen LogP) is 4.09. The number of rotatable bonds is 6. The Bertz CT molecular complexity index is 758. The molecule has 5 nitrogen and oxygen atoms in total. The molecule has 0 saturated heterocycles. The monoisotopic (exact) mass is 345 g/mol. The fraction of sp³-hybridized carbons (Fsp3) is 0.250. The van der Waals surface area contributed by atoms with Crippen molar-refractivity contribution >= 4 is 23.4 Å². The van der Waals surface area contributed by atoms with Gasteiger partial charge in [0.15, 0.2) is 11.0 Å². The van der Waals surface area contributed by atoms with Crippen molar-refractivity contribution in [3.63, 3.8) is 0 Å². The molecule has 0 atom stereocenters. The number of nitrogens with zero attached hydrogens (tertiary/aromatic N) is 5. The highest BCUT2D eigenvalue weighted by atomic mass is 35.5. The summed E-state index contributed by atoms with van der Waals surface area (Å²) >= 11 is 7.47. The van der Waals surface area contributed by atoms with E-state index in [9.17, 15) is 0 Å². The summed E-state index contributed by atoms with van der Waals surface area (Å²) in [6, 6.07) is 7.69. The van der Waals surface area contributed by atoms with Crippen molar-refractivity contribution in [1.29, 1.82) is 0 Å². The summed E-state index contributed by atoms with van der Waals surface area (Å²) < 4.78 is 2.16. The molecule has 3 aromatic heterocycles. The van der Waals surface area contributed by atoms with Crippen LogP contribution in [0.3, 0.4) is 0 Å². The number of hydrogen-bond acceptors (Lipinski definition) is 5. The fourth-order valence-corrected chi connectivity index (χ4v) is 3.19. The lowest BCUT2D eigenvalue weighted by atomic mass is 10.2. The second kappa shape index (κ2) is 7.57. The van der Waals surface area contributed by atoms with E-state index in [2.05, 4.69) is 31.7 Å². The van der Waals surface area contributed by atoms with E-state index in [4.69, 9.17) is 11.6 Å². The maximum atomic E-state index is 5.82. The van der Waals surface area contributed by atoms with E-state index in [1.165, 1.54) is 0 Å². The highest BCUT2D eigenvalue weighted by molar-refractivity contribution is 7.98. The molecule has 0 saturated carbocycles. The molecular formula is C16H16ClN5S. The third-order valence-corrected chi connectivity index (χ3v) is 4.52. The molecule has 0 N–H and O–H groups in total. The molecule has 0 aliphatic rings. The van der Waals surface area contributed by atoms with E-state index >= 15 is 0 Å². The molecule has 0 amide bonds. The van der Waals surface area contributed by atoms with E-state index in [1.54, 1.807) is 36.4 Å². The maximum Gasteiger partial charge on any atom is 0.191 e. The molecule has 0 radical (unpaired) electrons. The van der Waals surface area contributed by atoms with Gasteiger partial charge in [-0.1, -0.05) is 36.4 Å². The van der Waals surface area contributed by atoms with Gasteiger partial charge >= 0.3 is 0 Å². The first-order valence-corrected chi connectivity index (χ1v) is 8.71. The van der Waals surface area contributed by atoms with Gasteiger partial charge in [0.2, 0.25) is 0 Å². The van der Waals surface area contributed by atoms with Crippen LogP contribution in [0.1, 0.15) is 18.9 Å². The second-order valence-corrected chi connectivity index (χ2v) is 6.30. The Kier molecular flexibility index (Phi) is 5.25. The molecule has 0 unspecified atom stereocenters.